The average Bonchev–Trinajstić information content (AvgIpc) is 3.19. The van der Waals surface area contributed by atoms with Crippen LogP contribution in [0.2, 0.25) is 0 Å². The SMILES string of the molecule is COc1cc(F)c(N)c2c(=O)c(C(=O)O)cn([C@@H]3C[C@H]3F)c12. The fourth-order valence-electron chi connectivity index (χ4n) is 2.52. The lowest BCUT2D eigenvalue weighted by molar-refractivity contribution is 0.0694. The normalized spacial score (nSPS) is 20.1. The number of halogens is 2. The van der Waals surface area contributed by atoms with Gasteiger partial charge in [-0.2, -0.15) is 0 Å². The maximum Gasteiger partial charge on any atom is 0.341 e. The van der Waals surface area contributed by atoms with Crippen molar-refractivity contribution >= 4 is 22.6 Å². The van der Waals surface area contributed by atoms with Crippen LogP contribution in [-0.4, -0.2) is 28.9 Å². The van der Waals surface area contributed by atoms with Crippen molar-refractivity contribution in [2.75, 3.05) is 12.8 Å². The first-order chi connectivity index (χ1) is 10.4. The molecule has 6 nitrogen and oxygen atoms in total. The minimum atomic E-state index is -1.49. The molecular weight excluding hydrogens is 298 g/mol. The smallest absolute Gasteiger partial charge is 0.341 e. The highest BCUT2D eigenvalue weighted by Crippen LogP contribution is 2.43. The van der Waals surface area contributed by atoms with Crippen LogP contribution in [0.3, 0.4) is 0 Å². The van der Waals surface area contributed by atoms with E-state index in [0.717, 1.165) is 12.3 Å². The molecule has 1 fully saturated rings. The van der Waals surface area contributed by atoms with Crippen molar-refractivity contribution in [1.29, 1.82) is 0 Å². The molecule has 116 valence electrons. The molecule has 1 saturated carbocycles. The van der Waals surface area contributed by atoms with Gasteiger partial charge >= 0.3 is 5.97 Å². The fourth-order valence-corrected chi connectivity index (χ4v) is 2.52. The first-order valence-electron chi connectivity index (χ1n) is 6.45. The Morgan fingerprint density at radius 2 is 2.18 bits per heavy atom. The van der Waals surface area contributed by atoms with Gasteiger partial charge in [-0.1, -0.05) is 0 Å². The quantitative estimate of drug-likeness (QED) is 0.842. The number of fused-ring (bicyclic) bond motifs is 1. The van der Waals surface area contributed by atoms with Crippen LogP contribution in [0.15, 0.2) is 17.1 Å². The van der Waals surface area contributed by atoms with E-state index in [0.29, 0.717) is 0 Å². The Kier molecular flexibility index (Phi) is 3.05. The molecule has 1 aromatic carbocycles. The van der Waals surface area contributed by atoms with Gasteiger partial charge in [0.2, 0.25) is 5.43 Å². The molecule has 2 atom stereocenters. The Hall–Kier alpha value is -2.64. The Balaban J connectivity index is 2.52. The van der Waals surface area contributed by atoms with Gasteiger partial charge in [0.05, 0.1) is 29.7 Å². The number of pyridine rings is 1. The van der Waals surface area contributed by atoms with Crippen LogP contribution in [0.25, 0.3) is 10.9 Å². The van der Waals surface area contributed by atoms with Gasteiger partial charge in [-0.3, -0.25) is 4.79 Å². The zero-order valence-electron chi connectivity index (χ0n) is 11.5. The molecule has 1 heterocycles. The number of carboxylic acids is 1. The molecule has 22 heavy (non-hydrogen) atoms. The number of carboxylic acid groups (broad SMARTS) is 1. The van der Waals surface area contributed by atoms with Gasteiger partial charge in [0.25, 0.3) is 0 Å². The third-order valence-corrected chi connectivity index (χ3v) is 3.74. The van der Waals surface area contributed by atoms with Crippen LogP contribution in [0.4, 0.5) is 14.5 Å². The van der Waals surface area contributed by atoms with Crippen LogP contribution in [0.1, 0.15) is 22.8 Å². The molecule has 3 rings (SSSR count). The van der Waals surface area contributed by atoms with E-state index in [1.54, 1.807) is 0 Å². The Labute approximate surface area is 122 Å². The highest BCUT2D eigenvalue weighted by atomic mass is 19.1. The minimum Gasteiger partial charge on any atom is -0.494 e. The molecule has 2 aromatic rings. The van der Waals surface area contributed by atoms with Crippen LogP contribution in [0, 0.1) is 5.82 Å². The number of hydrogen-bond donors (Lipinski definition) is 2. The number of methoxy groups -OCH3 is 1. The van der Waals surface area contributed by atoms with E-state index >= 15 is 0 Å². The van der Waals surface area contributed by atoms with Gasteiger partial charge in [0.1, 0.15) is 17.5 Å². The van der Waals surface area contributed by atoms with E-state index in [4.69, 9.17) is 15.6 Å². The van der Waals surface area contributed by atoms with E-state index in [-0.39, 0.29) is 23.1 Å². The van der Waals surface area contributed by atoms with E-state index in [1.165, 1.54) is 11.7 Å². The second-order valence-corrected chi connectivity index (χ2v) is 5.10. The van der Waals surface area contributed by atoms with Crippen molar-refractivity contribution in [3.63, 3.8) is 0 Å². The summed E-state index contributed by atoms with van der Waals surface area (Å²) in [5.74, 6) is -2.39. The zero-order valence-corrected chi connectivity index (χ0v) is 11.5. The number of nitrogen functional groups attached to an aromatic ring is 1. The number of nitrogens with zero attached hydrogens (tertiary/aromatic N) is 1. The lowest BCUT2D eigenvalue weighted by atomic mass is 10.1. The van der Waals surface area contributed by atoms with Crippen LogP contribution < -0.4 is 15.9 Å². The van der Waals surface area contributed by atoms with Gasteiger partial charge in [-0.15, -0.1) is 0 Å². The summed E-state index contributed by atoms with van der Waals surface area (Å²) in [5.41, 5.74) is 3.71. The van der Waals surface area contributed by atoms with Gasteiger partial charge < -0.3 is 20.1 Å². The molecule has 0 spiro atoms. The lowest BCUT2D eigenvalue weighted by Gasteiger charge is -2.16. The zero-order chi connectivity index (χ0) is 16.2. The Morgan fingerprint density at radius 1 is 1.55 bits per heavy atom. The van der Waals surface area contributed by atoms with Crippen LogP contribution in [0.5, 0.6) is 5.75 Å². The van der Waals surface area contributed by atoms with E-state index in [9.17, 15) is 18.4 Å². The largest absolute Gasteiger partial charge is 0.494 e. The summed E-state index contributed by atoms with van der Waals surface area (Å²) in [7, 11) is 1.27. The lowest BCUT2D eigenvalue weighted by Crippen LogP contribution is -2.21. The highest BCUT2D eigenvalue weighted by molar-refractivity contribution is 5.99. The summed E-state index contributed by atoms with van der Waals surface area (Å²) in [6, 6.07) is 0.365. The van der Waals surface area contributed by atoms with Crippen molar-refractivity contribution in [3.8, 4) is 5.75 Å². The van der Waals surface area contributed by atoms with Crippen LogP contribution in [-0.2, 0) is 0 Å². The molecule has 0 amide bonds. The number of aromatic nitrogens is 1. The second-order valence-electron chi connectivity index (χ2n) is 5.10. The number of nitrogens with two attached hydrogens (primary N) is 1. The molecule has 0 unspecified atom stereocenters. The number of benzene rings is 1. The topological polar surface area (TPSA) is 94.6 Å². The van der Waals surface area contributed by atoms with Gasteiger partial charge in [-0.25, -0.2) is 13.6 Å². The molecule has 3 N–H and O–H groups in total. The molecular formula is C14H12F2N2O4. The fraction of sp³-hybridized carbons (Fsp3) is 0.286. The number of alkyl halides is 1. The number of hydrogen-bond acceptors (Lipinski definition) is 4. The molecule has 0 radical (unpaired) electrons. The molecule has 0 bridgehead atoms. The average molecular weight is 310 g/mol. The highest BCUT2D eigenvalue weighted by Gasteiger charge is 2.41. The van der Waals surface area contributed by atoms with Crippen molar-refractivity contribution in [3.05, 3.63) is 33.9 Å². The third-order valence-electron chi connectivity index (χ3n) is 3.74. The summed E-state index contributed by atoms with van der Waals surface area (Å²) >= 11 is 0. The molecule has 1 aromatic heterocycles. The molecule has 1 aliphatic rings. The maximum atomic E-state index is 13.9. The van der Waals surface area contributed by atoms with E-state index < -0.39 is 40.7 Å². The molecule has 0 aliphatic heterocycles. The molecule has 1 aliphatic carbocycles. The number of carbonyl (C=O) groups is 1. The summed E-state index contributed by atoms with van der Waals surface area (Å²) in [4.78, 5) is 23.5. The monoisotopic (exact) mass is 310 g/mol. The first-order valence-corrected chi connectivity index (χ1v) is 6.45. The minimum absolute atomic E-state index is 0.00478. The summed E-state index contributed by atoms with van der Waals surface area (Å²) < 4.78 is 33.6. The third kappa shape index (κ3) is 1.91. The van der Waals surface area contributed by atoms with Crippen molar-refractivity contribution < 1.29 is 23.4 Å². The van der Waals surface area contributed by atoms with E-state index in [2.05, 4.69) is 0 Å². The predicted molar refractivity (Wildman–Crippen MR) is 74.6 cm³/mol. The van der Waals surface area contributed by atoms with E-state index in [1.807, 2.05) is 0 Å². The van der Waals surface area contributed by atoms with Crippen molar-refractivity contribution in [2.45, 2.75) is 18.6 Å². The number of aromatic carboxylic acids is 1. The Bertz CT molecular complexity index is 862. The van der Waals surface area contributed by atoms with Gasteiger partial charge in [0, 0.05) is 18.7 Å². The molecule has 8 heteroatoms. The summed E-state index contributed by atoms with van der Waals surface area (Å²) in [5, 5.41) is 8.82. The van der Waals surface area contributed by atoms with Crippen molar-refractivity contribution in [1.82, 2.24) is 4.57 Å². The maximum absolute atomic E-state index is 13.9. The molecule has 0 saturated heterocycles. The van der Waals surface area contributed by atoms with Gasteiger partial charge in [0.15, 0.2) is 5.82 Å². The summed E-state index contributed by atoms with van der Waals surface area (Å²) in [6.45, 7) is 0. The Morgan fingerprint density at radius 3 is 2.68 bits per heavy atom. The van der Waals surface area contributed by atoms with Crippen molar-refractivity contribution in [2.24, 2.45) is 0 Å². The predicted octanol–water partition coefficient (Wildman–Crippen LogP) is 1.71. The number of rotatable bonds is 3. The van der Waals surface area contributed by atoms with Gasteiger partial charge in [-0.05, 0) is 0 Å². The number of ether oxygens (including phenoxy) is 1. The second kappa shape index (κ2) is 4.69. The van der Waals surface area contributed by atoms with Crippen LogP contribution >= 0.6 is 0 Å². The standard InChI is InChI=1S/C14H12F2N2O4/c1-22-9-3-7(16)11(17)10-12(9)18(8-2-6(8)15)4-5(13(10)19)14(20)21/h3-4,6,8H,2,17H2,1H3,(H,20,21)/t6-,8-/m1/s1. The summed E-state index contributed by atoms with van der Waals surface area (Å²) in [6.07, 6.45) is 0.0671. The first kappa shape index (κ1) is 14.3. The number of anilines is 1.